The fourth-order valence-corrected chi connectivity index (χ4v) is 3.09. The zero-order valence-corrected chi connectivity index (χ0v) is 13.5. The number of dihydropyridines is 1. The number of fused-ring (bicyclic) bond motifs is 1. The standard InChI is InChI=1S/C19H18N4O/c1-12-8-16-15(5-7-21-18(16)22-12)14-9-17(23-19(2,24)10-14)13-4-3-6-20-11-13/h3-11,23-24H,1-2H3,(H,21,22). The van der Waals surface area contributed by atoms with Gasteiger partial charge in [0.25, 0.3) is 0 Å². The Morgan fingerprint density at radius 3 is 2.88 bits per heavy atom. The lowest BCUT2D eigenvalue weighted by atomic mass is 9.95. The maximum absolute atomic E-state index is 10.6. The van der Waals surface area contributed by atoms with E-state index in [1.807, 2.05) is 37.3 Å². The molecule has 5 nitrogen and oxygen atoms in total. The van der Waals surface area contributed by atoms with Crippen LogP contribution in [0.4, 0.5) is 0 Å². The summed E-state index contributed by atoms with van der Waals surface area (Å²) in [5, 5.41) is 14.8. The van der Waals surface area contributed by atoms with Gasteiger partial charge in [-0.1, -0.05) is 0 Å². The summed E-state index contributed by atoms with van der Waals surface area (Å²) in [5.74, 6) is 0. The number of pyridine rings is 2. The third-order valence-electron chi connectivity index (χ3n) is 4.07. The van der Waals surface area contributed by atoms with E-state index in [1.54, 1.807) is 25.5 Å². The number of allylic oxidation sites excluding steroid dienone is 2. The van der Waals surface area contributed by atoms with Crippen molar-refractivity contribution in [2.24, 2.45) is 0 Å². The van der Waals surface area contributed by atoms with Crippen molar-refractivity contribution in [2.75, 3.05) is 0 Å². The van der Waals surface area contributed by atoms with E-state index in [4.69, 9.17) is 0 Å². The monoisotopic (exact) mass is 318 g/mol. The Bertz CT molecular complexity index is 967. The molecular formula is C19H18N4O. The van der Waals surface area contributed by atoms with Crippen LogP contribution in [0.3, 0.4) is 0 Å². The number of aliphatic hydroxyl groups is 1. The van der Waals surface area contributed by atoms with E-state index in [0.29, 0.717) is 0 Å². The van der Waals surface area contributed by atoms with Crippen LogP contribution in [-0.4, -0.2) is 25.8 Å². The van der Waals surface area contributed by atoms with Crippen LogP contribution in [0, 0.1) is 6.92 Å². The highest BCUT2D eigenvalue weighted by Gasteiger charge is 2.25. The maximum Gasteiger partial charge on any atom is 0.152 e. The number of aryl methyl sites for hydroxylation is 1. The molecule has 3 N–H and O–H groups in total. The van der Waals surface area contributed by atoms with Crippen LogP contribution in [0.5, 0.6) is 0 Å². The molecule has 0 bridgehead atoms. The van der Waals surface area contributed by atoms with Gasteiger partial charge < -0.3 is 15.4 Å². The number of aromatic amines is 1. The molecule has 4 rings (SSSR count). The number of nitrogens with one attached hydrogen (secondary N) is 2. The zero-order chi connectivity index (χ0) is 16.7. The molecule has 24 heavy (non-hydrogen) atoms. The van der Waals surface area contributed by atoms with Crippen molar-refractivity contribution in [3.05, 3.63) is 71.8 Å². The Morgan fingerprint density at radius 2 is 2.08 bits per heavy atom. The van der Waals surface area contributed by atoms with Gasteiger partial charge in [-0.05, 0) is 61.4 Å². The summed E-state index contributed by atoms with van der Waals surface area (Å²) in [4.78, 5) is 11.8. The van der Waals surface area contributed by atoms with Gasteiger partial charge in [-0.3, -0.25) is 4.98 Å². The molecular weight excluding hydrogens is 300 g/mol. The lowest BCUT2D eigenvalue weighted by molar-refractivity contribution is 0.0925. The first-order chi connectivity index (χ1) is 11.5. The highest BCUT2D eigenvalue weighted by Crippen LogP contribution is 2.32. The van der Waals surface area contributed by atoms with Gasteiger partial charge in [-0.2, -0.15) is 0 Å². The summed E-state index contributed by atoms with van der Waals surface area (Å²) in [6.45, 7) is 3.74. The second-order valence-electron chi connectivity index (χ2n) is 6.25. The first-order valence-corrected chi connectivity index (χ1v) is 7.82. The lowest BCUT2D eigenvalue weighted by Crippen LogP contribution is -2.40. The first kappa shape index (κ1) is 14.7. The summed E-state index contributed by atoms with van der Waals surface area (Å²) < 4.78 is 0. The van der Waals surface area contributed by atoms with Crippen molar-refractivity contribution in [3.63, 3.8) is 0 Å². The minimum absolute atomic E-state index is 0.836. The zero-order valence-electron chi connectivity index (χ0n) is 13.5. The molecule has 1 aliphatic heterocycles. The van der Waals surface area contributed by atoms with Gasteiger partial charge in [0, 0.05) is 40.9 Å². The second-order valence-corrected chi connectivity index (χ2v) is 6.25. The number of H-pyrrole nitrogens is 1. The fraction of sp³-hybridized carbons (Fsp3) is 0.158. The molecule has 0 saturated heterocycles. The van der Waals surface area contributed by atoms with Gasteiger partial charge in [0.15, 0.2) is 5.72 Å². The van der Waals surface area contributed by atoms with E-state index in [2.05, 4.69) is 26.3 Å². The van der Waals surface area contributed by atoms with Crippen LogP contribution in [0.15, 0.2) is 55.0 Å². The smallest absolute Gasteiger partial charge is 0.152 e. The average Bonchev–Trinajstić information content (AvgIpc) is 2.94. The molecule has 1 unspecified atom stereocenters. The van der Waals surface area contributed by atoms with E-state index < -0.39 is 5.72 Å². The number of hydrogen-bond donors (Lipinski definition) is 3. The van der Waals surface area contributed by atoms with E-state index >= 15 is 0 Å². The van der Waals surface area contributed by atoms with Crippen molar-refractivity contribution in [2.45, 2.75) is 19.6 Å². The molecule has 1 aliphatic rings. The molecule has 120 valence electrons. The van der Waals surface area contributed by atoms with Crippen molar-refractivity contribution in [1.82, 2.24) is 20.3 Å². The number of aromatic nitrogens is 3. The predicted molar refractivity (Wildman–Crippen MR) is 94.8 cm³/mol. The summed E-state index contributed by atoms with van der Waals surface area (Å²) in [6, 6.07) is 7.89. The normalized spacial score (nSPS) is 20.5. The van der Waals surface area contributed by atoms with Gasteiger partial charge >= 0.3 is 0 Å². The predicted octanol–water partition coefficient (Wildman–Crippen LogP) is 3.00. The topological polar surface area (TPSA) is 73.8 Å². The highest BCUT2D eigenvalue weighted by molar-refractivity contribution is 5.96. The minimum atomic E-state index is -1.14. The van der Waals surface area contributed by atoms with Crippen LogP contribution >= 0.6 is 0 Å². The molecule has 5 heteroatoms. The molecule has 0 saturated carbocycles. The third kappa shape index (κ3) is 2.59. The molecule has 0 radical (unpaired) electrons. The Morgan fingerprint density at radius 1 is 1.21 bits per heavy atom. The largest absolute Gasteiger partial charge is 0.368 e. The van der Waals surface area contributed by atoms with Crippen molar-refractivity contribution < 1.29 is 5.11 Å². The average molecular weight is 318 g/mol. The van der Waals surface area contributed by atoms with Crippen molar-refractivity contribution in [1.29, 1.82) is 0 Å². The summed E-state index contributed by atoms with van der Waals surface area (Å²) in [7, 11) is 0. The molecule has 0 aromatic carbocycles. The quantitative estimate of drug-likeness (QED) is 0.679. The van der Waals surface area contributed by atoms with Crippen LogP contribution in [0.25, 0.3) is 22.3 Å². The Balaban J connectivity index is 1.89. The van der Waals surface area contributed by atoms with Crippen molar-refractivity contribution >= 4 is 22.3 Å². The molecule has 0 amide bonds. The molecule has 4 heterocycles. The Labute approximate surface area is 139 Å². The number of nitrogens with zero attached hydrogens (tertiary/aromatic N) is 2. The van der Waals surface area contributed by atoms with E-state index in [1.165, 1.54) is 0 Å². The van der Waals surface area contributed by atoms with Crippen LogP contribution < -0.4 is 5.32 Å². The molecule has 0 spiro atoms. The minimum Gasteiger partial charge on any atom is -0.368 e. The molecule has 1 atom stereocenters. The summed E-state index contributed by atoms with van der Waals surface area (Å²) in [6.07, 6.45) is 9.15. The SMILES string of the molecule is Cc1cc2c(C3=CC(C)(O)NC(c4cccnc4)=C3)ccnc2[nH]1. The van der Waals surface area contributed by atoms with Gasteiger partial charge in [0.2, 0.25) is 0 Å². The van der Waals surface area contributed by atoms with Crippen LogP contribution in [-0.2, 0) is 0 Å². The highest BCUT2D eigenvalue weighted by atomic mass is 16.3. The van der Waals surface area contributed by atoms with Gasteiger partial charge in [-0.25, -0.2) is 4.98 Å². The number of rotatable bonds is 2. The Kier molecular flexibility index (Phi) is 3.25. The lowest BCUT2D eigenvalue weighted by Gasteiger charge is -2.29. The van der Waals surface area contributed by atoms with Gasteiger partial charge in [-0.15, -0.1) is 0 Å². The maximum atomic E-state index is 10.6. The second kappa shape index (κ2) is 5.32. The van der Waals surface area contributed by atoms with E-state index in [0.717, 1.165) is 39.1 Å². The first-order valence-electron chi connectivity index (χ1n) is 7.82. The summed E-state index contributed by atoms with van der Waals surface area (Å²) in [5.41, 5.74) is 4.51. The van der Waals surface area contributed by atoms with Gasteiger partial charge in [0.05, 0.1) is 0 Å². The summed E-state index contributed by atoms with van der Waals surface area (Å²) >= 11 is 0. The molecule has 3 aromatic rings. The van der Waals surface area contributed by atoms with E-state index in [9.17, 15) is 5.11 Å². The Hall–Kier alpha value is -2.92. The fourth-order valence-electron chi connectivity index (χ4n) is 3.09. The molecule has 3 aromatic heterocycles. The van der Waals surface area contributed by atoms with Gasteiger partial charge in [0.1, 0.15) is 5.65 Å². The van der Waals surface area contributed by atoms with Crippen LogP contribution in [0.1, 0.15) is 23.7 Å². The number of hydrogen-bond acceptors (Lipinski definition) is 4. The molecule has 0 fully saturated rings. The van der Waals surface area contributed by atoms with E-state index in [-0.39, 0.29) is 0 Å². The van der Waals surface area contributed by atoms with Crippen LogP contribution in [0.2, 0.25) is 0 Å². The molecule has 0 aliphatic carbocycles. The van der Waals surface area contributed by atoms with Crippen molar-refractivity contribution in [3.8, 4) is 0 Å². The third-order valence-corrected chi connectivity index (χ3v) is 4.07.